The number of hydrogen-bond donors (Lipinski definition) is 0. The predicted molar refractivity (Wildman–Crippen MR) is 111 cm³/mol. The molecule has 156 valence electrons. The van der Waals surface area contributed by atoms with E-state index in [0.29, 0.717) is 18.7 Å². The molecule has 2 aromatic carbocycles. The third kappa shape index (κ3) is 4.01. The van der Waals surface area contributed by atoms with E-state index in [-0.39, 0.29) is 16.2 Å². The first-order valence-electron chi connectivity index (χ1n) is 9.71. The SMILES string of the molecule is Cc1cc(=O)oc2cc(OC(=O)c3ccc(S(=O)(=O)N4CCCCC4)cc3)ccc12. The molecule has 0 unspecified atom stereocenters. The molecule has 1 saturated heterocycles. The van der Waals surface area contributed by atoms with E-state index in [0.717, 1.165) is 30.2 Å². The van der Waals surface area contributed by atoms with E-state index in [2.05, 4.69) is 0 Å². The highest BCUT2D eigenvalue weighted by Crippen LogP contribution is 2.24. The number of esters is 1. The van der Waals surface area contributed by atoms with E-state index in [1.165, 1.54) is 40.7 Å². The molecular weight excluding hydrogens is 406 g/mol. The Morgan fingerprint density at radius 2 is 1.70 bits per heavy atom. The molecule has 0 radical (unpaired) electrons. The van der Waals surface area contributed by atoms with Crippen LogP contribution in [0.5, 0.6) is 5.75 Å². The summed E-state index contributed by atoms with van der Waals surface area (Å²) in [6.07, 6.45) is 2.75. The normalized spacial score (nSPS) is 15.2. The lowest BCUT2D eigenvalue weighted by Gasteiger charge is -2.25. The molecule has 0 amide bonds. The van der Waals surface area contributed by atoms with E-state index in [1.54, 1.807) is 19.1 Å². The topological polar surface area (TPSA) is 93.9 Å². The summed E-state index contributed by atoms with van der Waals surface area (Å²) in [4.78, 5) is 24.2. The van der Waals surface area contributed by atoms with Gasteiger partial charge in [0.05, 0.1) is 10.5 Å². The number of piperidine rings is 1. The summed E-state index contributed by atoms with van der Waals surface area (Å²) in [5, 5.41) is 0.752. The lowest BCUT2D eigenvalue weighted by Crippen LogP contribution is -2.35. The van der Waals surface area contributed by atoms with Crippen LogP contribution in [0.25, 0.3) is 11.0 Å². The number of carbonyl (C=O) groups is 1. The van der Waals surface area contributed by atoms with Crippen LogP contribution in [-0.4, -0.2) is 31.8 Å². The Morgan fingerprint density at radius 1 is 1.00 bits per heavy atom. The van der Waals surface area contributed by atoms with Crippen molar-refractivity contribution in [1.82, 2.24) is 4.31 Å². The average molecular weight is 427 g/mol. The van der Waals surface area contributed by atoms with Crippen LogP contribution in [0.4, 0.5) is 0 Å². The van der Waals surface area contributed by atoms with Gasteiger partial charge < -0.3 is 9.15 Å². The third-order valence-electron chi connectivity index (χ3n) is 5.18. The molecule has 0 spiro atoms. The van der Waals surface area contributed by atoms with Crippen molar-refractivity contribution in [1.29, 1.82) is 0 Å². The van der Waals surface area contributed by atoms with Gasteiger partial charge in [0.1, 0.15) is 11.3 Å². The molecule has 3 aromatic rings. The fourth-order valence-electron chi connectivity index (χ4n) is 3.55. The minimum Gasteiger partial charge on any atom is -0.423 e. The summed E-state index contributed by atoms with van der Waals surface area (Å²) in [6.45, 7) is 2.83. The summed E-state index contributed by atoms with van der Waals surface area (Å²) in [7, 11) is -3.56. The number of aryl methyl sites for hydroxylation is 1. The van der Waals surface area contributed by atoms with Crippen LogP contribution in [0.1, 0.15) is 35.2 Å². The molecule has 0 N–H and O–H groups in total. The maximum Gasteiger partial charge on any atom is 0.343 e. The van der Waals surface area contributed by atoms with Crippen molar-refractivity contribution in [2.24, 2.45) is 0 Å². The second-order valence-electron chi connectivity index (χ2n) is 7.29. The first-order chi connectivity index (χ1) is 14.3. The van der Waals surface area contributed by atoms with Crippen LogP contribution in [0, 0.1) is 6.92 Å². The predicted octanol–water partition coefficient (Wildman–Crippen LogP) is 3.50. The summed E-state index contributed by atoms with van der Waals surface area (Å²) >= 11 is 0. The number of hydrogen-bond acceptors (Lipinski definition) is 6. The van der Waals surface area contributed by atoms with Gasteiger partial charge in [0, 0.05) is 30.6 Å². The molecular formula is C22H21NO6S. The Balaban J connectivity index is 1.53. The monoisotopic (exact) mass is 427 g/mol. The second-order valence-corrected chi connectivity index (χ2v) is 9.22. The Kier molecular flexibility index (Phi) is 5.44. The first-order valence-corrected chi connectivity index (χ1v) is 11.2. The lowest BCUT2D eigenvalue weighted by molar-refractivity contribution is 0.0735. The highest BCUT2D eigenvalue weighted by atomic mass is 32.2. The molecule has 1 aliphatic rings. The number of carbonyl (C=O) groups excluding carboxylic acids is 1. The molecule has 0 bridgehead atoms. The van der Waals surface area contributed by atoms with Crippen LogP contribution < -0.4 is 10.4 Å². The number of ether oxygens (including phenoxy) is 1. The molecule has 1 aliphatic heterocycles. The van der Waals surface area contributed by atoms with Crippen molar-refractivity contribution < 1.29 is 22.4 Å². The van der Waals surface area contributed by atoms with Crippen molar-refractivity contribution in [2.75, 3.05) is 13.1 Å². The average Bonchev–Trinajstić information content (AvgIpc) is 2.74. The molecule has 0 aliphatic carbocycles. The molecule has 0 atom stereocenters. The summed E-state index contributed by atoms with van der Waals surface area (Å²) < 4.78 is 37.4. The molecule has 1 fully saturated rings. The van der Waals surface area contributed by atoms with Gasteiger partial charge in [-0.15, -0.1) is 0 Å². The summed E-state index contributed by atoms with van der Waals surface area (Å²) in [5.74, 6) is -0.405. The van der Waals surface area contributed by atoms with Gasteiger partial charge in [0.15, 0.2) is 0 Å². The fraction of sp³-hybridized carbons (Fsp3) is 0.273. The number of fused-ring (bicyclic) bond motifs is 1. The second kappa shape index (κ2) is 8.04. The van der Waals surface area contributed by atoms with Gasteiger partial charge in [-0.2, -0.15) is 4.31 Å². The van der Waals surface area contributed by atoms with Crippen LogP contribution in [0.3, 0.4) is 0 Å². The van der Waals surface area contributed by atoms with E-state index in [1.807, 2.05) is 0 Å². The Hall–Kier alpha value is -2.97. The zero-order valence-corrected chi connectivity index (χ0v) is 17.3. The number of nitrogens with zero attached hydrogens (tertiary/aromatic N) is 1. The van der Waals surface area contributed by atoms with Crippen molar-refractivity contribution in [3.63, 3.8) is 0 Å². The van der Waals surface area contributed by atoms with E-state index in [9.17, 15) is 18.0 Å². The first kappa shape index (κ1) is 20.3. The lowest BCUT2D eigenvalue weighted by atomic mass is 10.1. The molecule has 1 aromatic heterocycles. The molecule has 8 heteroatoms. The minimum absolute atomic E-state index is 0.156. The molecule has 0 saturated carbocycles. The molecule has 4 rings (SSSR count). The number of benzene rings is 2. The highest BCUT2D eigenvalue weighted by Gasteiger charge is 2.26. The van der Waals surface area contributed by atoms with Crippen molar-refractivity contribution >= 4 is 27.0 Å². The van der Waals surface area contributed by atoms with Gasteiger partial charge in [-0.05, 0) is 61.7 Å². The maximum absolute atomic E-state index is 12.7. The third-order valence-corrected chi connectivity index (χ3v) is 7.09. The van der Waals surface area contributed by atoms with Crippen LogP contribution >= 0.6 is 0 Å². The summed E-state index contributed by atoms with van der Waals surface area (Å²) in [5.41, 5.74) is 0.838. The number of sulfonamides is 1. The zero-order chi connectivity index (χ0) is 21.3. The van der Waals surface area contributed by atoms with Crippen molar-refractivity contribution in [3.8, 4) is 5.75 Å². The fourth-order valence-corrected chi connectivity index (χ4v) is 5.07. The van der Waals surface area contributed by atoms with Crippen LogP contribution in [0.15, 0.2) is 62.6 Å². The van der Waals surface area contributed by atoms with Crippen molar-refractivity contribution in [2.45, 2.75) is 31.1 Å². The van der Waals surface area contributed by atoms with Gasteiger partial charge in [-0.3, -0.25) is 0 Å². The Labute approximate surface area is 173 Å². The Bertz CT molecular complexity index is 1260. The van der Waals surface area contributed by atoms with Gasteiger partial charge in [0.25, 0.3) is 0 Å². The van der Waals surface area contributed by atoms with Gasteiger partial charge in [0.2, 0.25) is 10.0 Å². The number of rotatable bonds is 4. The van der Waals surface area contributed by atoms with Gasteiger partial charge >= 0.3 is 11.6 Å². The van der Waals surface area contributed by atoms with E-state index in [4.69, 9.17) is 9.15 Å². The van der Waals surface area contributed by atoms with Crippen LogP contribution in [-0.2, 0) is 10.0 Å². The molecule has 7 nitrogen and oxygen atoms in total. The quantitative estimate of drug-likeness (QED) is 0.359. The molecule has 2 heterocycles. The zero-order valence-electron chi connectivity index (χ0n) is 16.5. The van der Waals surface area contributed by atoms with Gasteiger partial charge in [-0.1, -0.05) is 6.42 Å². The van der Waals surface area contributed by atoms with Gasteiger partial charge in [-0.25, -0.2) is 18.0 Å². The van der Waals surface area contributed by atoms with Crippen molar-refractivity contribution in [3.05, 3.63) is 70.1 Å². The Morgan fingerprint density at radius 3 is 2.40 bits per heavy atom. The summed E-state index contributed by atoms with van der Waals surface area (Å²) in [6, 6.07) is 11.9. The largest absolute Gasteiger partial charge is 0.423 e. The minimum atomic E-state index is -3.56. The van der Waals surface area contributed by atoms with Crippen LogP contribution in [0.2, 0.25) is 0 Å². The molecule has 30 heavy (non-hydrogen) atoms. The standard InChI is InChI=1S/C22H21NO6S/c1-15-13-21(24)29-20-14-17(7-10-19(15)20)28-22(25)16-5-8-18(9-6-16)30(26,27)23-11-3-2-4-12-23/h5-10,13-14H,2-4,11-12H2,1H3. The van der Waals surface area contributed by atoms with E-state index < -0.39 is 21.6 Å². The van der Waals surface area contributed by atoms with E-state index >= 15 is 0 Å². The maximum atomic E-state index is 12.7. The smallest absolute Gasteiger partial charge is 0.343 e. The highest BCUT2D eigenvalue weighted by molar-refractivity contribution is 7.89.